The van der Waals surface area contributed by atoms with Crippen molar-refractivity contribution >= 4 is 5.82 Å². The summed E-state index contributed by atoms with van der Waals surface area (Å²) in [5.41, 5.74) is 5.74. The monoisotopic (exact) mass is 232 g/mol. The van der Waals surface area contributed by atoms with Crippen molar-refractivity contribution in [3.05, 3.63) is 22.4 Å². The standard InChI is InChI=1S/C15H24N2/c1-9(2)14-11(5)12-7-6-8-13(12)15(17-14)16-10(3)4/h9-10H,6-8H2,1-5H3,(H,16,17). The first kappa shape index (κ1) is 12.4. The van der Waals surface area contributed by atoms with Gasteiger partial charge in [-0.25, -0.2) is 4.98 Å². The third-order valence-corrected chi connectivity index (χ3v) is 3.55. The quantitative estimate of drug-likeness (QED) is 0.857. The number of aromatic nitrogens is 1. The second kappa shape index (κ2) is 4.67. The van der Waals surface area contributed by atoms with Gasteiger partial charge in [-0.3, -0.25) is 0 Å². The number of nitrogens with one attached hydrogen (secondary N) is 1. The van der Waals surface area contributed by atoms with Gasteiger partial charge in [-0.15, -0.1) is 0 Å². The summed E-state index contributed by atoms with van der Waals surface area (Å²) >= 11 is 0. The van der Waals surface area contributed by atoms with Gasteiger partial charge in [0, 0.05) is 11.7 Å². The van der Waals surface area contributed by atoms with Gasteiger partial charge in [0.1, 0.15) is 5.82 Å². The van der Waals surface area contributed by atoms with E-state index in [-0.39, 0.29) is 0 Å². The first-order valence-corrected chi connectivity index (χ1v) is 6.79. The van der Waals surface area contributed by atoms with E-state index < -0.39 is 0 Å². The molecular weight excluding hydrogens is 208 g/mol. The molecule has 2 heteroatoms. The first-order chi connectivity index (χ1) is 8.00. The molecular formula is C15H24N2. The zero-order chi connectivity index (χ0) is 12.6. The van der Waals surface area contributed by atoms with Crippen molar-refractivity contribution < 1.29 is 0 Å². The highest BCUT2D eigenvalue weighted by Crippen LogP contribution is 2.34. The fourth-order valence-corrected chi connectivity index (χ4v) is 2.80. The Kier molecular flexibility index (Phi) is 3.41. The van der Waals surface area contributed by atoms with Crippen molar-refractivity contribution in [2.24, 2.45) is 0 Å². The zero-order valence-electron chi connectivity index (χ0n) is 11.7. The predicted molar refractivity (Wildman–Crippen MR) is 73.8 cm³/mol. The van der Waals surface area contributed by atoms with Crippen LogP contribution in [0.2, 0.25) is 0 Å². The van der Waals surface area contributed by atoms with Crippen LogP contribution in [0.5, 0.6) is 0 Å². The number of pyridine rings is 1. The van der Waals surface area contributed by atoms with Crippen molar-refractivity contribution in [3.8, 4) is 0 Å². The Morgan fingerprint density at radius 3 is 2.29 bits per heavy atom. The van der Waals surface area contributed by atoms with Crippen LogP contribution >= 0.6 is 0 Å². The predicted octanol–water partition coefficient (Wildman–Crippen LogP) is 3.82. The highest BCUT2D eigenvalue weighted by molar-refractivity contribution is 5.55. The normalized spacial score (nSPS) is 14.5. The van der Waals surface area contributed by atoms with E-state index in [1.807, 2.05) is 0 Å². The van der Waals surface area contributed by atoms with E-state index in [1.54, 1.807) is 5.56 Å². The second-order valence-corrected chi connectivity index (χ2v) is 5.74. The lowest BCUT2D eigenvalue weighted by molar-refractivity contribution is 0.797. The van der Waals surface area contributed by atoms with Crippen molar-refractivity contribution in [1.29, 1.82) is 0 Å². The van der Waals surface area contributed by atoms with Crippen LogP contribution in [0.25, 0.3) is 0 Å². The van der Waals surface area contributed by atoms with Crippen LogP contribution in [0.3, 0.4) is 0 Å². The zero-order valence-corrected chi connectivity index (χ0v) is 11.7. The molecule has 2 rings (SSSR count). The maximum Gasteiger partial charge on any atom is 0.129 e. The van der Waals surface area contributed by atoms with Crippen LogP contribution in [0.4, 0.5) is 5.82 Å². The summed E-state index contributed by atoms with van der Waals surface area (Å²) in [6, 6.07) is 0.454. The van der Waals surface area contributed by atoms with E-state index in [4.69, 9.17) is 4.98 Å². The molecule has 17 heavy (non-hydrogen) atoms. The van der Waals surface area contributed by atoms with E-state index in [0.717, 1.165) is 5.82 Å². The number of nitrogens with zero attached hydrogens (tertiary/aromatic N) is 1. The summed E-state index contributed by atoms with van der Waals surface area (Å²) in [4.78, 5) is 4.87. The Labute approximate surface area is 105 Å². The fourth-order valence-electron chi connectivity index (χ4n) is 2.80. The van der Waals surface area contributed by atoms with Gasteiger partial charge in [-0.05, 0) is 62.6 Å². The summed E-state index contributed by atoms with van der Waals surface area (Å²) in [6.07, 6.45) is 3.71. The van der Waals surface area contributed by atoms with Gasteiger partial charge in [0.2, 0.25) is 0 Å². The lowest BCUT2D eigenvalue weighted by Crippen LogP contribution is -2.15. The minimum Gasteiger partial charge on any atom is -0.368 e. The van der Waals surface area contributed by atoms with Crippen LogP contribution in [-0.4, -0.2) is 11.0 Å². The van der Waals surface area contributed by atoms with Crippen LogP contribution in [0.1, 0.15) is 62.4 Å². The van der Waals surface area contributed by atoms with Crippen LogP contribution in [0, 0.1) is 6.92 Å². The number of rotatable bonds is 3. The molecule has 0 bridgehead atoms. The lowest BCUT2D eigenvalue weighted by Gasteiger charge is -2.19. The van der Waals surface area contributed by atoms with E-state index in [9.17, 15) is 0 Å². The molecule has 1 N–H and O–H groups in total. The largest absolute Gasteiger partial charge is 0.368 e. The van der Waals surface area contributed by atoms with Gasteiger partial charge in [-0.1, -0.05) is 13.8 Å². The Morgan fingerprint density at radius 1 is 1.06 bits per heavy atom. The Balaban J connectivity index is 2.52. The van der Waals surface area contributed by atoms with Gasteiger partial charge in [0.15, 0.2) is 0 Å². The minimum absolute atomic E-state index is 0.454. The van der Waals surface area contributed by atoms with E-state index >= 15 is 0 Å². The molecule has 0 fully saturated rings. The average Bonchev–Trinajstić information content (AvgIpc) is 2.70. The SMILES string of the molecule is Cc1c(C(C)C)nc(NC(C)C)c2c1CCC2. The average molecular weight is 232 g/mol. The molecule has 94 valence electrons. The van der Waals surface area contributed by atoms with Crippen LogP contribution < -0.4 is 5.32 Å². The van der Waals surface area contributed by atoms with Gasteiger partial charge in [0.05, 0.1) is 0 Å². The Bertz CT molecular complexity index is 419. The molecule has 1 heterocycles. The summed E-state index contributed by atoms with van der Waals surface area (Å²) in [6.45, 7) is 11.1. The highest BCUT2D eigenvalue weighted by Gasteiger charge is 2.22. The fraction of sp³-hybridized carbons (Fsp3) is 0.667. The van der Waals surface area contributed by atoms with Crippen LogP contribution in [0.15, 0.2) is 0 Å². The number of hydrogen-bond donors (Lipinski definition) is 1. The van der Waals surface area contributed by atoms with Crippen molar-refractivity contribution in [3.63, 3.8) is 0 Å². The van der Waals surface area contributed by atoms with E-state index in [1.165, 1.54) is 36.1 Å². The van der Waals surface area contributed by atoms with Gasteiger partial charge < -0.3 is 5.32 Å². The molecule has 1 aliphatic rings. The molecule has 1 aliphatic carbocycles. The minimum atomic E-state index is 0.454. The number of hydrogen-bond acceptors (Lipinski definition) is 2. The molecule has 0 spiro atoms. The van der Waals surface area contributed by atoms with E-state index in [0.29, 0.717) is 12.0 Å². The molecule has 1 aromatic heterocycles. The van der Waals surface area contributed by atoms with E-state index in [2.05, 4.69) is 39.9 Å². The summed E-state index contributed by atoms with van der Waals surface area (Å²) < 4.78 is 0. The molecule has 2 nitrogen and oxygen atoms in total. The first-order valence-electron chi connectivity index (χ1n) is 6.79. The maximum absolute atomic E-state index is 4.87. The number of anilines is 1. The summed E-state index contributed by atoms with van der Waals surface area (Å²) in [5.74, 6) is 1.65. The van der Waals surface area contributed by atoms with Gasteiger partial charge in [-0.2, -0.15) is 0 Å². The maximum atomic E-state index is 4.87. The Hall–Kier alpha value is -1.05. The molecule has 0 amide bonds. The van der Waals surface area contributed by atoms with Crippen molar-refractivity contribution in [2.45, 2.75) is 65.8 Å². The molecule has 0 radical (unpaired) electrons. The second-order valence-electron chi connectivity index (χ2n) is 5.74. The summed E-state index contributed by atoms with van der Waals surface area (Å²) in [5, 5.41) is 3.52. The molecule has 0 unspecified atom stereocenters. The van der Waals surface area contributed by atoms with Crippen LogP contribution in [-0.2, 0) is 12.8 Å². The van der Waals surface area contributed by atoms with Crippen molar-refractivity contribution in [1.82, 2.24) is 4.98 Å². The molecule has 0 saturated heterocycles. The summed E-state index contributed by atoms with van der Waals surface area (Å²) in [7, 11) is 0. The third kappa shape index (κ3) is 2.31. The molecule has 0 atom stereocenters. The molecule has 0 saturated carbocycles. The molecule has 0 aliphatic heterocycles. The lowest BCUT2D eigenvalue weighted by atomic mass is 9.97. The smallest absolute Gasteiger partial charge is 0.129 e. The van der Waals surface area contributed by atoms with Crippen molar-refractivity contribution in [2.75, 3.05) is 5.32 Å². The molecule has 1 aromatic rings. The molecule has 0 aromatic carbocycles. The van der Waals surface area contributed by atoms with Gasteiger partial charge >= 0.3 is 0 Å². The Morgan fingerprint density at radius 2 is 1.71 bits per heavy atom. The third-order valence-electron chi connectivity index (χ3n) is 3.55. The topological polar surface area (TPSA) is 24.9 Å². The highest BCUT2D eigenvalue weighted by atomic mass is 15.0. The number of fused-ring (bicyclic) bond motifs is 1. The van der Waals surface area contributed by atoms with Gasteiger partial charge in [0.25, 0.3) is 0 Å².